The van der Waals surface area contributed by atoms with Crippen LogP contribution in [0.1, 0.15) is 18.6 Å². The average molecular weight is 239 g/mol. The van der Waals surface area contributed by atoms with Crippen molar-refractivity contribution in [1.29, 1.82) is 0 Å². The predicted molar refractivity (Wildman–Crippen MR) is 69.5 cm³/mol. The molecule has 0 saturated heterocycles. The number of para-hydroxylation sites is 1. The Morgan fingerprint density at radius 3 is 2.11 bits per heavy atom. The molecule has 18 heavy (non-hydrogen) atoms. The molecule has 1 atom stereocenters. The maximum Gasteiger partial charge on any atom is 0.113 e. The Hall–Kier alpha value is -2.20. The third-order valence-electron chi connectivity index (χ3n) is 2.89. The minimum absolute atomic E-state index is 0.546. The summed E-state index contributed by atoms with van der Waals surface area (Å²) >= 11 is 0. The van der Waals surface area contributed by atoms with Gasteiger partial charge in [-0.2, -0.15) is 4.80 Å². The van der Waals surface area contributed by atoms with E-state index >= 15 is 0 Å². The van der Waals surface area contributed by atoms with E-state index in [0.717, 1.165) is 22.3 Å². The van der Waals surface area contributed by atoms with E-state index in [-0.39, 0.29) is 0 Å². The van der Waals surface area contributed by atoms with Crippen LogP contribution in [0.25, 0.3) is 16.7 Å². The van der Waals surface area contributed by atoms with E-state index in [1.807, 2.05) is 48.5 Å². The van der Waals surface area contributed by atoms with Gasteiger partial charge in [-0.15, -0.1) is 10.2 Å². The Morgan fingerprint density at radius 2 is 1.50 bits per heavy atom. The van der Waals surface area contributed by atoms with Gasteiger partial charge in [-0.1, -0.05) is 30.3 Å². The van der Waals surface area contributed by atoms with Gasteiger partial charge in [0.05, 0.1) is 11.8 Å². The van der Waals surface area contributed by atoms with Crippen molar-refractivity contribution in [2.24, 2.45) is 0 Å². The van der Waals surface area contributed by atoms with Crippen molar-refractivity contribution in [2.45, 2.75) is 13.0 Å². The number of fused-ring (bicyclic) bond motifs is 1. The molecular formula is C14H13N3O. The molecule has 1 heterocycles. The lowest BCUT2D eigenvalue weighted by Gasteiger charge is -2.09. The van der Waals surface area contributed by atoms with Crippen molar-refractivity contribution in [2.75, 3.05) is 0 Å². The molecule has 0 fully saturated rings. The summed E-state index contributed by atoms with van der Waals surface area (Å²) in [6.45, 7) is 1.74. The highest BCUT2D eigenvalue weighted by Crippen LogP contribution is 2.21. The zero-order chi connectivity index (χ0) is 12.5. The van der Waals surface area contributed by atoms with Gasteiger partial charge in [0.1, 0.15) is 11.0 Å². The van der Waals surface area contributed by atoms with Gasteiger partial charge in [0.2, 0.25) is 0 Å². The summed E-state index contributed by atoms with van der Waals surface area (Å²) in [5.41, 5.74) is 3.32. The van der Waals surface area contributed by atoms with Crippen molar-refractivity contribution < 1.29 is 5.11 Å². The highest BCUT2D eigenvalue weighted by Gasteiger charge is 2.11. The molecule has 0 aliphatic rings. The number of aliphatic hydroxyl groups is 1. The smallest absolute Gasteiger partial charge is 0.113 e. The second-order valence-corrected chi connectivity index (χ2v) is 4.21. The van der Waals surface area contributed by atoms with Crippen LogP contribution in [0, 0.1) is 0 Å². The van der Waals surface area contributed by atoms with E-state index in [1.54, 1.807) is 11.7 Å². The monoisotopic (exact) mass is 239 g/mol. The highest BCUT2D eigenvalue weighted by molar-refractivity contribution is 5.73. The lowest BCUT2D eigenvalue weighted by atomic mass is 10.1. The number of hydrogen-bond donors (Lipinski definition) is 1. The molecule has 0 radical (unpaired) electrons. The van der Waals surface area contributed by atoms with Crippen molar-refractivity contribution in [3.05, 3.63) is 54.1 Å². The van der Waals surface area contributed by atoms with E-state index < -0.39 is 6.10 Å². The van der Waals surface area contributed by atoms with Gasteiger partial charge in [-0.05, 0) is 25.1 Å². The molecule has 1 aromatic heterocycles. The number of benzene rings is 2. The number of aromatic nitrogens is 3. The van der Waals surface area contributed by atoms with Crippen LogP contribution in [0.2, 0.25) is 0 Å². The predicted octanol–water partition coefficient (Wildman–Crippen LogP) is 2.47. The first-order chi connectivity index (χ1) is 8.75. The Kier molecular flexibility index (Phi) is 2.57. The van der Waals surface area contributed by atoms with Gasteiger partial charge in [-0.25, -0.2) is 0 Å². The minimum Gasteiger partial charge on any atom is -0.389 e. The molecule has 3 rings (SSSR count). The molecule has 0 bridgehead atoms. The molecule has 1 N–H and O–H groups in total. The Bertz CT molecular complexity index is 655. The molecule has 3 aromatic rings. The maximum absolute atomic E-state index is 9.77. The Balaban J connectivity index is 2.20. The zero-order valence-electron chi connectivity index (χ0n) is 9.99. The van der Waals surface area contributed by atoms with Crippen LogP contribution in [0.15, 0.2) is 48.5 Å². The standard InChI is InChI=1S/C14H13N3O/c1-10(18)11-6-2-5-9-14(11)17-15-12-7-3-4-8-13(12)16-17/h2-10,18H,1H3. The van der Waals surface area contributed by atoms with Gasteiger partial charge in [0, 0.05) is 5.56 Å². The molecule has 4 nitrogen and oxygen atoms in total. The summed E-state index contributed by atoms with van der Waals surface area (Å²) in [6, 6.07) is 15.3. The fraction of sp³-hybridized carbons (Fsp3) is 0.143. The first kappa shape index (κ1) is 10.9. The Labute approximate surface area is 104 Å². The second-order valence-electron chi connectivity index (χ2n) is 4.21. The second kappa shape index (κ2) is 4.23. The minimum atomic E-state index is -0.546. The molecule has 0 spiro atoms. The van der Waals surface area contributed by atoms with E-state index in [1.165, 1.54) is 0 Å². The first-order valence-electron chi connectivity index (χ1n) is 5.85. The summed E-state index contributed by atoms with van der Waals surface area (Å²) < 4.78 is 0. The van der Waals surface area contributed by atoms with Crippen molar-refractivity contribution in [3.8, 4) is 5.69 Å². The van der Waals surface area contributed by atoms with Gasteiger partial charge >= 0.3 is 0 Å². The topological polar surface area (TPSA) is 50.9 Å². The molecule has 90 valence electrons. The molecule has 2 aromatic carbocycles. The maximum atomic E-state index is 9.77. The molecule has 0 saturated carbocycles. The SMILES string of the molecule is CC(O)c1ccccc1-n1nc2ccccc2n1. The van der Waals surface area contributed by atoms with Gasteiger partial charge < -0.3 is 5.11 Å². The summed E-state index contributed by atoms with van der Waals surface area (Å²) in [5.74, 6) is 0. The summed E-state index contributed by atoms with van der Waals surface area (Å²) in [4.78, 5) is 1.58. The van der Waals surface area contributed by atoms with E-state index in [2.05, 4.69) is 10.2 Å². The van der Waals surface area contributed by atoms with E-state index in [4.69, 9.17) is 0 Å². The van der Waals surface area contributed by atoms with Crippen LogP contribution in [0.5, 0.6) is 0 Å². The van der Waals surface area contributed by atoms with Crippen LogP contribution in [-0.4, -0.2) is 20.1 Å². The molecular weight excluding hydrogens is 226 g/mol. The van der Waals surface area contributed by atoms with Crippen LogP contribution in [0.4, 0.5) is 0 Å². The van der Waals surface area contributed by atoms with E-state index in [0.29, 0.717) is 0 Å². The van der Waals surface area contributed by atoms with Crippen LogP contribution < -0.4 is 0 Å². The molecule has 1 unspecified atom stereocenters. The summed E-state index contributed by atoms with van der Waals surface area (Å²) in [6.07, 6.45) is -0.546. The lowest BCUT2D eigenvalue weighted by Crippen LogP contribution is -2.05. The van der Waals surface area contributed by atoms with Gasteiger partial charge in [0.25, 0.3) is 0 Å². The fourth-order valence-corrected chi connectivity index (χ4v) is 1.99. The summed E-state index contributed by atoms with van der Waals surface area (Å²) in [5, 5.41) is 18.6. The highest BCUT2D eigenvalue weighted by atomic mass is 16.3. The fourth-order valence-electron chi connectivity index (χ4n) is 1.99. The van der Waals surface area contributed by atoms with E-state index in [9.17, 15) is 5.11 Å². The molecule has 0 aliphatic carbocycles. The first-order valence-corrected chi connectivity index (χ1v) is 5.85. The van der Waals surface area contributed by atoms with Crippen LogP contribution in [-0.2, 0) is 0 Å². The number of aliphatic hydroxyl groups excluding tert-OH is 1. The number of nitrogens with zero attached hydrogens (tertiary/aromatic N) is 3. The van der Waals surface area contributed by atoms with Crippen LogP contribution in [0.3, 0.4) is 0 Å². The largest absolute Gasteiger partial charge is 0.389 e. The van der Waals surface area contributed by atoms with Crippen molar-refractivity contribution >= 4 is 11.0 Å². The van der Waals surface area contributed by atoms with Crippen molar-refractivity contribution in [3.63, 3.8) is 0 Å². The quantitative estimate of drug-likeness (QED) is 0.747. The average Bonchev–Trinajstić information content (AvgIpc) is 2.82. The van der Waals surface area contributed by atoms with Crippen molar-refractivity contribution in [1.82, 2.24) is 15.0 Å². The van der Waals surface area contributed by atoms with Crippen LogP contribution >= 0.6 is 0 Å². The molecule has 0 aliphatic heterocycles. The zero-order valence-corrected chi connectivity index (χ0v) is 9.99. The van der Waals surface area contributed by atoms with Gasteiger partial charge in [0.15, 0.2) is 0 Å². The Morgan fingerprint density at radius 1 is 0.944 bits per heavy atom. The third-order valence-corrected chi connectivity index (χ3v) is 2.89. The number of rotatable bonds is 2. The number of hydrogen-bond acceptors (Lipinski definition) is 3. The normalized spacial score (nSPS) is 12.8. The molecule has 0 amide bonds. The van der Waals surface area contributed by atoms with Gasteiger partial charge in [-0.3, -0.25) is 0 Å². The molecule has 4 heteroatoms. The summed E-state index contributed by atoms with van der Waals surface area (Å²) in [7, 11) is 0. The third kappa shape index (κ3) is 1.76. The lowest BCUT2D eigenvalue weighted by molar-refractivity contribution is 0.198.